The first-order valence-corrected chi connectivity index (χ1v) is 8.59. The van der Waals surface area contributed by atoms with Crippen LogP contribution in [0.4, 0.5) is 0 Å². The summed E-state index contributed by atoms with van der Waals surface area (Å²) in [5.74, 6) is -0.943. The molecular formula is C17H21BrO6. The van der Waals surface area contributed by atoms with Gasteiger partial charge in [-0.05, 0) is 12.5 Å². The lowest BCUT2D eigenvalue weighted by Gasteiger charge is -2.42. The van der Waals surface area contributed by atoms with Crippen molar-refractivity contribution in [2.45, 2.75) is 56.8 Å². The van der Waals surface area contributed by atoms with Gasteiger partial charge < -0.3 is 18.9 Å². The minimum atomic E-state index is -0.761. The molecule has 1 aliphatic heterocycles. The molecule has 5 atom stereocenters. The van der Waals surface area contributed by atoms with E-state index in [0.29, 0.717) is 6.61 Å². The Morgan fingerprint density at radius 1 is 1.04 bits per heavy atom. The van der Waals surface area contributed by atoms with Crippen molar-refractivity contribution < 1.29 is 28.5 Å². The minimum Gasteiger partial charge on any atom is -0.456 e. The highest BCUT2D eigenvalue weighted by Gasteiger charge is 2.48. The van der Waals surface area contributed by atoms with Crippen LogP contribution < -0.4 is 0 Å². The Bertz CT molecular complexity index is 563. The van der Waals surface area contributed by atoms with Gasteiger partial charge in [0.2, 0.25) is 0 Å². The van der Waals surface area contributed by atoms with Crippen LogP contribution in [0.25, 0.3) is 0 Å². The molecule has 132 valence electrons. The second kappa shape index (κ2) is 8.60. The Kier molecular flexibility index (Phi) is 6.77. The van der Waals surface area contributed by atoms with E-state index in [1.54, 1.807) is 6.92 Å². The van der Waals surface area contributed by atoms with E-state index in [2.05, 4.69) is 15.9 Å². The van der Waals surface area contributed by atoms with E-state index in [1.807, 2.05) is 30.3 Å². The zero-order chi connectivity index (χ0) is 17.7. The molecule has 7 heteroatoms. The first-order chi connectivity index (χ1) is 11.4. The topological polar surface area (TPSA) is 71.1 Å². The Morgan fingerprint density at radius 2 is 1.62 bits per heavy atom. The SMILES string of the molecule is CC(=O)OC1C(OCc2ccccc2)[C@H](Br)OC(C)[C@@H]1OC(C)=O. The van der Waals surface area contributed by atoms with Crippen LogP contribution in [-0.4, -0.2) is 41.4 Å². The maximum atomic E-state index is 11.5. The van der Waals surface area contributed by atoms with Gasteiger partial charge in [-0.25, -0.2) is 0 Å². The summed E-state index contributed by atoms with van der Waals surface area (Å²) in [4.78, 5) is 22.9. The van der Waals surface area contributed by atoms with Crippen molar-refractivity contribution in [3.05, 3.63) is 35.9 Å². The lowest BCUT2D eigenvalue weighted by Crippen LogP contribution is -2.58. The van der Waals surface area contributed by atoms with E-state index in [-0.39, 0.29) is 0 Å². The van der Waals surface area contributed by atoms with Crippen molar-refractivity contribution in [2.75, 3.05) is 0 Å². The van der Waals surface area contributed by atoms with Gasteiger partial charge in [0, 0.05) is 13.8 Å². The number of carbonyl (C=O) groups excluding carboxylic acids is 2. The number of benzene rings is 1. The molecule has 3 unspecified atom stereocenters. The summed E-state index contributed by atoms with van der Waals surface area (Å²) in [7, 11) is 0. The van der Waals surface area contributed by atoms with Gasteiger partial charge in [0.15, 0.2) is 12.2 Å². The van der Waals surface area contributed by atoms with E-state index in [9.17, 15) is 9.59 Å². The van der Waals surface area contributed by atoms with Crippen LogP contribution in [0.5, 0.6) is 0 Å². The summed E-state index contributed by atoms with van der Waals surface area (Å²) in [6, 6.07) is 9.60. The lowest BCUT2D eigenvalue weighted by molar-refractivity contribution is -0.231. The largest absolute Gasteiger partial charge is 0.456 e. The molecule has 6 nitrogen and oxygen atoms in total. The molecule has 0 aromatic heterocycles. The molecule has 0 bridgehead atoms. The Balaban J connectivity index is 2.16. The quantitative estimate of drug-likeness (QED) is 0.558. The predicted molar refractivity (Wildman–Crippen MR) is 89.4 cm³/mol. The second-order valence-corrected chi connectivity index (χ2v) is 6.50. The summed E-state index contributed by atoms with van der Waals surface area (Å²) in [5.41, 5.74) is 0.974. The molecule has 1 fully saturated rings. The number of hydrogen-bond donors (Lipinski definition) is 0. The van der Waals surface area contributed by atoms with Gasteiger partial charge in [0.25, 0.3) is 0 Å². The molecule has 0 radical (unpaired) electrons. The minimum absolute atomic E-state index is 0.315. The molecule has 1 aliphatic rings. The first kappa shape index (κ1) is 18.9. The number of hydrogen-bond acceptors (Lipinski definition) is 6. The summed E-state index contributed by atoms with van der Waals surface area (Å²) in [5, 5.41) is -0.493. The van der Waals surface area contributed by atoms with Gasteiger partial charge in [0.1, 0.15) is 11.1 Å². The molecule has 1 aromatic rings. The molecular weight excluding hydrogens is 380 g/mol. The van der Waals surface area contributed by atoms with E-state index >= 15 is 0 Å². The van der Waals surface area contributed by atoms with Crippen molar-refractivity contribution in [3.63, 3.8) is 0 Å². The van der Waals surface area contributed by atoms with Crippen LogP contribution in [0.15, 0.2) is 30.3 Å². The number of rotatable bonds is 5. The summed E-state index contributed by atoms with van der Waals surface area (Å²) < 4.78 is 22.4. The van der Waals surface area contributed by atoms with Crippen LogP contribution in [0.1, 0.15) is 26.3 Å². The standard InChI is InChI=1S/C17H21BrO6/c1-10-14(23-11(2)19)15(24-12(3)20)16(17(18)22-10)21-9-13-7-5-4-6-8-13/h4-8,10,14-17H,9H2,1-3H3/t10?,14-,15?,16?,17+/m0/s1. The highest BCUT2D eigenvalue weighted by Crippen LogP contribution is 2.31. The number of esters is 2. The molecule has 24 heavy (non-hydrogen) atoms. The normalized spacial score (nSPS) is 29.8. The summed E-state index contributed by atoms with van der Waals surface area (Å²) >= 11 is 3.41. The van der Waals surface area contributed by atoms with Gasteiger partial charge in [-0.1, -0.05) is 46.3 Å². The van der Waals surface area contributed by atoms with Crippen molar-refractivity contribution in [1.29, 1.82) is 0 Å². The van der Waals surface area contributed by atoms with E-state index < -0.39 is 41.4 Å². The Labute approximate surface area is 149 Å². The zero-order valence-electron chi connectivity index (χ0n) is 13.8. The number of ether oxygens (including phenoxy) is 4. The van der Waals surface area contributed by atoms with Gasteiger partial charge in [-0.2, -0.15) is 0 Å². The first-order valence-electron chi connectivity index (χ1n) is 7.68. The van der Waals surface area contributed by atoms with Crippen molar-refractivity contribution in [1.82, 2.24) is 0 Å². The van der Waals surface area contributed by atoms with Gasteiger partial charge in [-0.15, -0.1) is 0 Å². The molecule has 0 amide bonds. The maximum Gasteiger partial charge on any atom is 0.303 e. The van der Waals surface area contributed by atoms with Crippen LogP contribution in [0, 0.1) is 0 Å². The molecule has 1 heterocycles. The fraction of sp³-hybridized carbons (Fsp3) is 0.529. The molecule has 2 rings (SSSR count). The average molecular weight is 401 g/mol. The van der Waals surface area contributed by atoms with Gasteiger partial charge in [0.05, 0.1) is 12.7 Å². The van der Waals surface area contributed by atoms with Crippen LogP contribution in [-0.2, 0) is 35.1 Å². The predicted octanol–water partition coefficient (Wildman–Crippen LogP) is 2.57. The maximum absolute atomic E-state index is 11.5. The second-order valence-electron chi connectivity index (χ2n) is 5.60. The fourth-order valence-electron chi connectivity index (χ4n) is 2.58. The van der Waals surface area contributed by atoms with E-state index in [0.717, 1.165) is 5.56 Å². The number of halogens is 1. The lowest BCUT2D eigenvalue weighted by atomic mass is 10.00. The third-order valence-electron chi connectivity index (χ3n) is 3.60. The number of alkyl halides is 1. The molecule has 1 aromatic carbocycles. The fourth-order valence-corrected chi connectivity index (χ4v) is 3.37. The van der Waals surface area contributed by atoms with Crippen molar-refractivity contribution in [2.24, 2.45) is 0 Å². The van der Waals surface area contributed by atoms with Crippen LogP contribution >= 0.6 is 15.9 Å². The molecule has 0 N–H and O–H groups in total. The molecule has 0 spiro atoms. The van der Waals surface area contributed by atoms with Crippen LogP contribution in [0.3, 0.4) is 0 Å². The highest BCUT2D eigenvalue weighted by atomic mass is 79.9. The van der Waals surface area contributed by atoms with Crippen LogP contribution in [0.2, 0.25) is 0 Å². The number of carbonyl (C=O) groups is 2. The van der Waals surface area contributed by atoms with Gasteiger partial charge >= 0.3 is 11.9 Å². The molecule has 0 saturated carbocycles. The van der Waals surface area contributed by atoms with Crippen molar-refractivity contribution in [3.8, 4) is 0 Å². The zero-order valence-corrected chi connectivity index (χ0v) is 15.4. The summed E-state index contributed by atoms with van der Waals surface area (Å²) in [6.45, 7) is 4.68. The Morgan fingerprint density at radius 3 is 2.21 bits per heavy atom. The molecule has 1 saturated heterocycles. The summed E-state index contributed by atoms with van der Waals surface area (Å²) in [6.07, 6.45) is -2.56. The van der Waals surface area contributed by atoms with E-state index in [4.69, 9.17) is 18.9 Å². The Hall–Kier alpha value is -1.44. The van der Waals surface area contributed by atoms with Gasteiger partial charge in [-0.3, -0.25) is 9.59 Å². The van der Waals surface area contributed by atoms with E-state index in [1.165, 1.54) is 13.8 Å². The third-order valence-corrected chi connectivity index (χ3v) is 4.34. The average Bonchev–Trinajstić information content (AvgIpc) is 2.51. The monoisotopic (exact) mass is 400 g/mol. The smallest absolute Gasteiger partial charge is 0.303 e. The third kappa shape index (κ3) is 5.03. The highest BCUT2D eigenvalue weighted by molar-refractivity contribution is 9.09. The van der Waals surface area contributed by atoms with Crippen molar-refractivity contribution >= 4 is 27.9 Å². The molecule has 0 aliphatic carbocycles.